The summed E-state index contributed by atoms with van der Waals surface area (Å²) in [5.74, 6) is 0. The van der Waals surface area contributed by atoms with Crippen LogP contribution in [0.4, 0.5) is 0 Å². The molecule has 0 atom stereocenters. The van der Waals surface area contributed by atoms with Gasteiger partial charge in [0.1, 0.15) is 0 Å². The highest BCUT2D eigenvalue weighted by atomic mass is 35.5. The van der Waals surface area contributed by atoms with Crippen LogP contribution in [0.3, 0.4) is 0 Å². The van der Waals surface area contributed by atoms with Crippen molar-refractivity contribution in [2.75, 3.05) is 6.61 Å². The Bertz CT molecular complexity index is 652. The minimum atomic E-state index is -1.72. The molecule has 0 N–H and O–H groups in total. The molecule has 2 rings (SSSR count). The molecular formula is C21H36BClO3Si. The first-order valence-electron chi connectivity index (χ1n) is 9.95. The van der Waals surface area contributed by atoms with Crippen LogP contribution in [0.15, 0.2) is 18.2 Å². The fourth-order valence-electron chi connectivity index (χ4n) is 2.82. The lowest BCUT2D eigenvalue weighted by molar-refractivity contribution is 0.00578. The van der Waals surface area contributed by atoms with E-state index in [2.05, 4.69) is 67.6 Å². The van der Waals surface area contributed by atoms with Crippen LogP contribution in [0.1, 0.15) is 60.5 Å². The standard InChI is InChI=1S/C21H36BClO3Si/c1-19(2,3)27(8,9)24-15-11-12-16-17(13-10-14-18(16)23)22-25-20(4,5)21(6,7)26-22/h10,13-14H,11-12,15H2,1-9H3. The van der Waals surface area contributed by atoms with E-state index in [1.807, 2.05) is 12.1 Å². The Morgan fingerprint density at radius 2 is 1.63 bits per heavy atom. The number of hydrogen-bond donors (Lipinski definition) is 0. The lowest BCUT2D eigenvalue weighted by Crippen LogP contribution is -2.41. The van der Waals surface area contributed by atoms with Crippen LogP contribution in [0.5, 0.6) is 0 Å². The van der Waals surface area contributed by atoms with Crippen molar-refractivity contribution in [3.63, 3.8) is 0 Å². The van der Waals surface area contributed by atoms with Crippen LogP contribution >= 0.6 is 11.6 Å². The molecule has 1 heterocycles. The predicted octanol–water partition coefficient (Wildman–Crippen LogP) is 5.59. The summed E-state index contributed by atoms with van der Waals surface area (Å²) in [7, 11) is -2.10. The monoisotopic (exact) mass is 410 g/mol. The largest absolute Gasteiger partial charge is 0.495 e. The van der Waals surface area contributed by atoms with Crippen LogP contribution in [0.2, 0.25) is 23.2 Å². The summed E-state index contributed by atoms with van der Waals surface area (Å²) in [6, 6.07) is 5.98. The molecule has 6 heteroatoms. The van der Waals surface area contributed by atoms with Crippen LogP contribution in [0.25, 0.3) is 0 Å². The Morgan fingerprint density at radius 3 is 2.15 bits per heavy atom. The maximum atomic E-state index is 6.55. The second kappa shape index (κ2) is 7.83. The molecule has 0 aromatic heterocycles. The fraction of sp³-hybridized carbons (Fsp3) is 0.714. The van der Waals surface area contributed by atoms with Crippen molar-refractivity contribution in [3.8, 4) is 0 Å². The van der Waals surface area contributed by atoms with Gasteiger partial charge in [-0.2, -0.15) is 0 Å². The van der Waals surface area contributed by atoms with E-state index in [4.69, 9.17) is 25.3 Å². The summed E-state index contributed by atoms with van der Waals surface area (Å²) in [4.78, 5) is 0. The van der Waals surface area contributed by atoms with E-state index < -0.39 is 8.32 Å². The molecule has 1 fully saturated rings. The lowest BCUT2D eigenvalue weighted by Gasteiger charge is -2.36. The van der Waals surface area contributed by atoms with Crippen LogP contribution in [-0.2, 0) is 20.2 Å². The van der Waals surface area contributed by atoms with Gasteiger partial charge in [0.15, 0.2) is 8.32 Å². The average molecular weight is 411 g/mol. The maximum absolute atomic E-state index is 6.55. The Morgan fingerprint density at radius 1 is 1.07 bits per heavy atom. The van der Waals surface area contributed by atoms with E-state index in [1.54, 1.807) is 0 Å². The van der Waals surface area contributed by atoms with E-state index >= 15 is 0 Å². The molecule has 1 aromatic rings. The zero-order valence-electron chi connectivity index (χ0n) is 18.5. The van der Waals surface area contributed by atoms with Crippen LogP contribution in [0, 0.1) is 0 Å². The predicted molar refractivity (Wildman–Crippen MR) is 119 cm³/mol. The Kier molecular flexibility index (Phi) is 6.66. The highest BCUT2D eigenvalue weighted by molar-refractivity contribution is 6.74. The quantitative estimate of drug-likeness (QED) is 0.451. The summed E-state index contributed by atoms with van der Waals surface area (Å²) >= 11 is 6.55. The Hall–Kier alpha value is -0.328. The van der Waals surface area contributed by atoms with Crippen LogP contribution < -0.4 is 5.46 Å². The van der Waals surface area contributed by atoms with Crippen molar-refractivity contribution in [3.05, 3.63) is 28.8 Å². The molecular weight excluding hydrogens is 375 g/mol. The van der Waals surface area contributed by atoms with Gasteiger partial charge < -0.3 is 13.7 Å². The van der Waals surface area contributed by atoms with E-state index in [-0.39, 0.29) is 23.4 Å². The Balaban J connectivity index is 2.09. The summed E-state index contributed by atoms with van der Waals surface area (Å²) < 4.78 is 18.8. The van der Waals surface area contributed by atoms with Crippen molar-refractivity contribution >= 4 is 32.5 Å². The first-order chi connectivity index (χ1) is 12.2. The summed E-state index contributed by atoms with van der Waals surface area (Å²) in [6.45, 7) is 20.4. The zero-order valence-corrected chi connectivity index (χ0v) is 20.3. The molecule has 27 heavy (non-hydrogen) atoms. The third-order valence-electron chi connectivity index (χ3n) is 6.50. The average Bonchev–Trinajstić information content (AvgIpc) is 2.71. The highest BCUT2D eigenvalue weighted by Gasteiger charge is 2.52. The number of rotatable bonds is 6. The van der Waals surface area contributed by atoms with E-state index in [0.29, 0.717) is 0 Å². The van der Waals surface area contributed by atoms with Gasteiger partial charge in [0.05, 0.1) is 11.2 Å². The maximum Gasteiger partial charge on any atom is 0.495 e. The van der Waals surface area contributed by atoms with Gasteiger partial charge in [0.2, 0.25) is 0 Å². The number of halogens is 1. The molecule has 0 amide bonds. The molecule has 1 aliphatic heterocycles. The second-order valence-electron chi connectivity index (χ2n) is 10.1. The molecule has 152 valence electrons. The Labute approximate surface area is 172 Å². The van der Waals surface area contributed by atoms with Crippen molar-refractivity contribution in [1.82, 2.24) is 0 Å². The van der Waals surface area contributed by atoms with Crippen LogP contribution in [-0.4, -0.2) is 33.2 Å². The normalized spacial score (nSPS) is 19.6. The highest BCUT2D eigenvalue weighted by Crippen LogP contribution is 2.38. The molecule has 0 saturated carbocycles. The van der Waals surface area contributed by atoms with Gasteiger partial charge in [-0.25, -0.2) is 0 Å². The fourth-order valence-corrected chi connectivity index (χ4v) is 4.19. The molecule has 0 unspecified atom stereocenters. The first kappa shape index (κ1) is 23.0. The molecule has 1 aliphatic rings. The minimum Gasteiger partial charge on any atom is -0.417 e. The summed E-state index contributed by atoms with van der Waals surface area (Å²) in [5.41, 5.74) is 1.43. The van der Waals surface area contributed by atoms with Crippen molar-refractivity contribution in [1.29, 1.82) is 0 Å². The van der Waals surface area contributed by atoms with E-state index in [1.165, 1.54) is 0 Å². The summed E-state index contributed by atoms with van der Waals surface area (Å²) in [6.07, 6.45) is 1.79. The van der Waals surface area contributed by atoms with Gasteiger partial charge in [-0.05, 0) is 75.8 Å². The van der Waals surface area contributed by atoms with Gasteiger partial charge >= 0.3 is 7.12 Å². The second-order valence-corrected chi connectivity index (χ2v) is 15.3. The topological polar surface area (TPSA) is 27.7 Å². The van der Waals surface area contributed by atoms with Gasteiger partial charge in [0, 0.05) is 11.6 Å². The zero-order chi connectivity index (χ0) is 20.7. The van der Waals surface area contributed by atoms with Gasteiger partial charge in [-0.3, -0.25) is 0 Å². The molecule has 1 saturated heterocycles. The van der Waals surface area contributed by atoms with Gasteiger partial charge in [-0.1, -0.05) is 44.5 Å². The van der Waals surface area contributed by atoms with Crippen molar-refractivity contribution < 1.29 is 13.7 Å². The smallest absolute Gasteiger partial charge is 0.417 e. The molecule has 0 spiro atoms. The van der Waals surface area contributed by atoms with E-state index in [0.717, 1.165) is 35.5 Å². The third-order valence-corrected chi connectivity index (χ3v) is 11.4. The van der Waals surface area contributed by atoms with Gasteiger partial charge in [0.25, 0.3) is 0 Å². The molecule has 1 aromatic carbocycles. The third kappa shape index (κ3) is 4.99. The van der Waals surface area contributed by atoms with Crippen molar-refractivity contribution in [2.24, 2.45) is 0 Å². The first-order valence-corrected chi connectivity index (χ1v) is 13.2. The minimum absolute atomic E-state index is 0.227. The lowest BCUT2D eigenvalue weighted by atomic mass is 9.75. The number of hydrogen-bond acceptors (Lipinski definition) is 3. The molecule has 3 nitrogen and oxygen atoms in total. The molecule has 0 radical (unpaired) electrons. The molecule has 0 bridgehead atoms. The number of benzene rings is 1. The van der Waals surface area contributed by atoms with E-state index in [9.17, 15) is 0 Å². The molecule has 0 aliphatic carbocycles. The van der Waals surface area contributed by atoms with Gasteiger partial charge in [-0.15, -0.1) is 0 Å². The van der Waals surface area contributed by atoms with Crippen molar-refractivity contribution in [2.45, 2.75) is 90.6 Å². The SMILES string of the molecule is CC1(C)OB(c2cccc(Cl)c2CCCO[Si](C)(C)C(C)(C)C)OC1(C)C. The summed E-state index contributed by atoms with van der Waals surface area (Å²) in [5, 5.41) is 1.00.